The zero-order chi connectivity index (χ0) is 11.4. The van der Waals surface area contributed by atoms with Crippen molar-refractivity contribution in [3.63, 3.8) is 0 Å². The van der Waals surface area contributed by atoms with Crippen LogP contribution in [0.1, 0.15) is 11.1 Å². The maximum atomic E-state index is 11.0. The van der Waals surface area contributed by atoms with Crippen molar-refractivity contribution in [1.82, 2.24) is 0 Å². The molecule has 0 bridgehead atoms. The summed E-state index contributed by atoms with van der Waals surface area (Å²) in [6, 6.07) is 4.01. The summed E-state index contributed by atoms with van der Waals surface area (Å²) in [5.41, 5.74) is 3.19. The van der Waals surface area contributed by atoms with E-state index in [1.165, 1.54) is 7.11 Å². The number of carbonyl (C=O) groups excluding carboxylic acids is 1. The van der Waals surface area contributed by atoms with Gasteiger partial charge in [-0.1, -0.05) is 15.9 Å². The number of hydrogen-bond acceptors (Lipinski definition) is 3. The fraction of sp³-hybridized carbons (Fsp3) is 0.364. The smallest absolute Gasteiger partial charge is 0.325 e. The molecule has 1 aromatic carbocycles. The number of nitrogens with one attached hydrogen (secondary N) is 1. The largest absolute Gasteiger partial charge is 0.468 e. The summed E-state index contributed by atoms with van der Waals surface area (Å²) in [6.07, 6.45) is 0. The number of aryl methyl sites for hydroxylation is 2. The van der Waals surface area contributed by atoms with Crippen molar-refractivity contribution in [3.05, 3.63) is 27.7 Å². The van der Waals surface area contributed by atoms with Crippen LogP contribution in [0.3, 0.4) is 0 Å². The van der Waals surface area contributed by atoms with Crippen LogP contribution in [0.5, 0.6) is 0 Å². The van der Waals surface area contributed by atoms with E-state index in [-0.39, 0.29) is 12.5 Å². The first-order valence-electron chi connectivity index (χ1n) is 4.62. The summed E-state index contributed by atoms with van der Waals surface area (Å²) in [5.74, 6) is -0.267. The molecule has 0 saturated heterocycles. The highest BCUT2D eigenvalue weighted by Gasteiger charge is 2.06. The van der Waals surface area contributed by atoms with Gasteiger partial charge in [0, 0.05) is 10.2 Å². The molecular weight excluding hydrogens is 258 g/mol. The van der Waals surface area contributed by atoms with Crippen molar-refractivity contribution in [1.29, 1.82) is 0 Å². The minimum absolute atomic E-state index is 0.194. The average molecular weight is 272 g/mol. The number of esters is 1. The molecule has 0 amide bonds. The zero-order valence-electron chi connectivity index (χ0n) is 9.06. The molecule has 1 aromatic rings. The van der Waals surface area contributed by atoms with Crippen LogP contribution in [-0.4, -0.2) is 19.6 Å². The van der Waals surface area contributed by atoms with Gasteiger partial charge in [-0.25, -0.2) is 0 Å². The van der Waals surface area contributed by atoms with E-state index >= 15 is 0 Å². The highest BCUT2D eigenvalue weighted by molar-refractivity contribution is 9.10. The molecule has 0 fully saturated rings. The number of anilines is 1. The molecule has 1 N–H and O–H groups in total. The van der Waals surface area contributed by atoms with Gasteiger partial charge in [-0.05, 0) is 37.1 Å². The van der Waals surface area contributed by atoms with Gasteiger partial charge < -0.3 is 10.1 Å². The summed E-state index contributed by atoms with van der Waals surface area (Å²) >= 11 is 3.42. The fourth-order valence-electron chi connectivity index (χ4n) is 1.42. The predicted molar refractivity (Wildman–Crippen MR) is 64.1 cm³/mol. The Kier molecular flexibility index (Phi) is 4.15. The van der Waals surface area contributed by atoms with Crippen molar-refractivity contribution < 1.29 is 9.53 Å². The maximum Gasteiger partial charge on any atom is 0.325 e. The SMILES string of the molecule is COC(=O)CNc1c(C)cc(Br)cc1C. The molecule has 0 heterocycles. The van der Waals surface area contributed by atoms with Crippen LogP contribution in [0.4, 0.5) is 5.69 Å². The van der Waals surface area contributed by atoms with Gasteiger partial charge in [0.25, 0.3) is 0 Å². The Morgan fingerprint density at radius 1 is 1.40 bits per heavy atom. The van der Waals surface area contributed by atoms with Crippen LogP contribution in [0.15, 0.2) is 16.6 Å². The Labute approximate surface area is 97.9 Å². The molecule has 0 unspecified atom stereocenters. The number of halogens is 1. The third kappa shape index (κ3) is 3.23. The van der Waals surface area contributed by atoms with Crippen LogP contribution >= 0.6 is 15.9 Å². The van der Waals surface area contributed by atoms with Crippen LogP contribution < -0.4 is 5.32 Å². The van der Waals surface area contributed by atoms with E-state index in [0.717, 1.165) is 21.3 Å². The standard InChI is InChI=1S/C11H14BrNO2/c1-7-4-9(12)5-8(2)11(7)13-6-10(14)15-3/h4-5,13H,6H2,1-3H3. The highest BCUT2D eigenvalue weighted by Crippen LogP contribution is 2.24. The number of rotatable bonds is 3. The van der Waals surface area contributed by atoms with E-state index in [9.17, 15) is 4.79 Å². The average Bonchev–Trinajstić information content (AvgIpc) is 2.15. The lowest BCUT2D eigenvalue weighted by atomic mass is 10.1. The molecule has 3 nitrogen and oxygen atoms in total. The molecule has 0 aliphatic carbocycles. The topological polar surface area (TPSA) is 38.3 Å². The number of carbonyl (C=O) groups is 1. The van der Waals surface area contributed by atoms with E-state index in [2.05, 4.69) is 26.0 Å². The lowest BCUT2D eigenvalue weighted by Gasteiger charge is -2.12. The molecule has 4 heteroatoms. The lowest BCUT2D eigenvalue weighted by molar-refractivity contribution is -0.138. The first-order valence-corrected chi connectivity index (χ1v) is 5.41. The van der Waals surface area contributed by atoms with E-state index in [4.69, 9.17) is 0 Å². The Morgan fingerprint density at radius 2 is 1.93 bits per heavy atom. The van der Waals surface area contributed by atoms with Gasteiger partial charge in [0.2, 0.25) is 0 Å². The van der Waals surface area contributed by atoms with Crippen molar-refractivity contribution in [2.75, 3.05) is 19.0 Å². The van der Waals surface area contributed by atoms with Crippen LogP contribution in [0, 0.1) is 13.8 Å². The molecule has 0 saturated carbocycles. The van der Waals surface area contributed by atoms with Gasteiger partial charge >= 0.3 is 5.97 Å². The molecule has 15 heavy (non-hydrogen) atoms. The molecule has 0 aliphatic rings. The number of methoxy groups -OCH3 is 1. The second-order valence-corrected chi connectivity index (χ2v) is 4.26. The van der Waals surface area contributed by atoms with E-state index < -0.39 is 0 Å². The Hall–Kier alpha value is -1.03. The quantitative estimate of drug-likeness (QED) is 0.860. The van der Waals surface area contributed by atoms with Gasteiger partial charge in [0.05, 0.1) is 7.11 Å². The lowest BCUT2D eigenvalue weighted by Crippen LogP contribution is -2.16. The molecule has 0 atom stereocenters. The van der Waals surface area contributed by atoms with E-state index in [1.54, 1.807) is 0 Å². The van der Waals surface area contributed by atoms with Gasteiger partial charge in [-0.2, -0.15) is 0 Å². The van der Waals surface area contributed by atoms with Gasteiger partial charge in [0.15, 0.2) is 0 Å². The number of ether oxygens (including phenoxy) is 1. The van der Waals surface area contributed by atoms with Gasteiger partial charge in [-0.15, -0.1) is 0 Å². The number of benzene rings is 1. The third-order valence-electron chi connectivity index (χ3n) is 2.13. The summed E-state index contributed by atoms with van der Waals surface area (Å²) in [4.78, 5) is 11.0. The summed E-state index contributed by atoms with van der Waals surface area (Å²) in [7, 11) is 1.38. The van der Waals surface area contributed by atoms with Crippen molar-refractivity contribution in [2.45, 2.75) is 13.8 Å². The first kappa shape index (κ1) is 12.0. The maximum absolute atomic E-state index is 11.0. The Bertz CT molecular complexity index is 354. The van der Waals surface area contributed by atoms with Crippen molar-refractivity contribution in [3.8, 4) is 0 Å². The van der Waals surface area contributed by atoms with Crippen LogP contribution in [0.2, 0.25) is 0 Å². The number of hydrogen-bond donors (Lipinski definition) is 1. The van der Waals surface area contributed by atoms with Gasteiger partial charge in [-0.3, -0.25) is 4.79 Å². The molecule has 0 radical (unpaired) electrons. The Morgan fingerprint density at radius 3 is 2.40 bits per heavy atom. The second kappa shape index (κ2) is 5.16. The fourth-order valence-corrected chi connectivity index (χ4v) is 2.11. The minimum Gasteiger partial charge on any atom is -0.468 e. The van der Waals surface area contributed by atoms with E-state index in [0.29, 0.717) is 0 Å². The summed E-state index contributed by atoms with van der Waals surface area (Å²) in [5, 5.41) is 3.06. The zero-order valence-corrected chi connectivity index (χ0v) is 10.6. The molecule has 1 rings (SSSR count). The van der Waals surface area contributed by atoms with Crippen molar-refractivity contribution in [2.24, 2.45) is 0 Å². The molecule has 0 aromatic heterocycles. The molecule has 0 aliphatic heterocycles. The second-order valence-electron chi connectivity index (χ2n) is 3.34. The Balaban J connectivity index is 2.81. The van der Waals surface area contributed by atoms with Crippen LogP contribution in [0.25, 0.3) is 0 Å². The predicted octanol–water partition coefficient (Wildman–Crippen LogP) is 2.65. The van der Waals surface area contributed by atoms with Gasteiger partial charge in [0.1, 0.15) is 6.54 Å². The highest BCUT2D eigenvalue weighted by atomic mass is 79.9. The van der Waals surface area contributed by atoms with Crippen LogP contribution in [-0.2, 0) is 9.53 Å². The minimum atomic E-state index is -0.267. The first-order chi connectivity index (χ1) is 7.04. The normalized spacial score (nSPS) is 9.87. The molecular formula is C11H14BrNO2. The molecule has 0 spiro atoms. The van der Waals surface area contributed by atoms with Crippen molar-refractivity contribution >= 4 is 27.6 Å². The summed E-state index contributed by atoms with van der Waals surface area (Å²) < 4.78 is 5.61. The molecule has 82 valence electrons. The monoisotopic (exact) mass is 271 g/mol. The summed E-state index contributed by atoms with van der Waals surface area (Å²) in [6.45, 7) is 4.19. The third-order valence-corrected chi connectivity index (χ3v) is 2.59. The van der Waals surface area contributed by atoms with E-state index in [1.807, 2.05) is 26.0 Å².